The molecule has 2 heterocycles. The zero-order chi connectivity index (χ0) is 15.7. The molecule has 0 saturated heterocycles. The van der Waals surface area contributed by atoms with Crippen LogP contribution in [0.2, 0.25) is 0 Å². The molecule has 0 fully saturated rings. The van der Waals surface area contributed by atoms with Crippen molar-refractivity contribution in [3.05, 3.63) is 71.0 Å². The van der Waals surface area contributed by atoms with Crippen LogP contribution in [0.15, 0.2) is 48.9 Å². The zero-order valence-electron chi connectivity index (χ0n) is 11.6. The van der Waals surface area contributed by atoms with Crippen LogP contribution in [0.1, 0.15) is 17.4 Å². The van der Waals surface area contributed by atoms with Gasteiger partial charge in [0.25, 0.3) is 0 Å². The molecule has 0 radical (unpaired) electrons. The molecule has 1 aromatic carbocycles. The van der Waals surface area contributed by atoms with E-state index in [0.717, 1.165) is 12.1 Å². The highest BCUT2D eigenvalue weighted by Crippen LogP contribution is 2.36. The summed E-state index contributed by atoms with van der Waals surface area (Å²) >= 11 is 1.23. The number of pyridine rings is 1. The van der Waals surface area contributed by atoms with Crippen molar-refractivity contribution in [2.45, 2.75) is 12.5 Å². The van der Waals surface area contributed by atoms with Gasteiger partial charge in [0.15, 0.2) is 11.6 Å². The number of benzene rings is 1. The Bertz CT molecular complexity index is 803. The Morgan fingerprint density at radius 3 is 2.50 bits per heavy atom. The maximum absolute atomic E-state index is 13.3. The van der Waals surface area contributed by atoms with Crippen molar-refractivity contribution in [3.63, 3.8) is 0 Å². The molecule has 112 valence electrons. The highest BCUT2D eigenvalue weighted by molar-refractivity contribution is 7.15. The second-order valence-electron chi connectivity index (χ2n) is 4.97. The minimum atomic E-state index is -1.22. The van der Waals surface area contributed by atoms with Crippen LogP contribution in [0.5, 0.6) is 0 Å². The number of hydrogen-bond acceptors (Lipinski definition) is 4. The molecule has 2 aromatic heterocycles. The second kappa shape index (κ2) is 5.55. The van der Waals surface area contributed by atoms with Crippen molar-refractivity contribution in [1.29, 1.82) is 0 Å². The second-order valence-corrected chi connectivity index (χ2v) is 6.00. The molecule has 6 heteroatoms. The fourth-order valence-corrected chi connectivity index (χ4v) is 3.06. The summed E-state index contributed by atoms with van der Waals surface area (Å²) in [5.41, 5.74) is -0.0686. The third-order valence-electron chi connectivity index (χ3n) is 3.39. The van der Waals surface area contributed by atoms with Gasteiger partial charge in [-0.2, -0.15) is 0 Å². The van der Waals surface area contributed by atoms with Gasteiger partial charge in [0.2, 0.25) is 0 Å². The van der Waals surface area contributed by atoms with Crippen molar-refractivity contribution >= 4 is 11.3 Å². The lowest BCUT2D eigenvalue weighted by molar-refractivity contribution is 0.106. The Hall–Kier alpha value is -2.18. The van der Waals surface area contributed by atoms with Gasteiger partial charge in [-0.15, -0.1) is 11.3 Å². The smallest absolute Gasteiger partial charge is 0.159 e. The number of aromatic nitrogens is 2. The van der Waals surface area contributed by atoms with E-state index in [1.54, 1.807) is 37.6 Å². The summed E-state index contributed by atoms with van der Waals surface area (Å²) in [4.78, 5) is 8.74. The molecule has 0 saturated carbocycles. The number of thiazole rings is 1. The topological polar surface area (TPSA) is 46.0 Å². The van der Waals surface area contributed by atoms with Crippen LogP contribution in [-0.2, 0) is 5.60 Å². The molecular weight excluding hydrogens is 306 g/mol. The molecule has 3 aromatic rings. The summed E-state index contributed by atoms with van der Waals surface area (Å²) in [6, 6.07) is 7.06. The van der Waals surface area contributed by atoms with Crippen molar-refractivity contribution < 1.29 is 13.9 Å². The van der Waals surface area contributed by atoms with Gasteiger partial charge in [-0.25, -0.2) is 13.8 Å². The molecule has 0 aliphatic rings. The Morgan fingerprint density at radius 2 is 1.82 bits per heavy atom. The molecule has 1 N–H and O–H groups in total. The number of aliphatic hydroxyl groups is 1. The maximum atomic E-state index is 13.3. The molecule has 3 rings (SSSR count). The third-order valence-corrected chi connectivity index (χ3v) is 4.65. The SMILES string of the molecule is CC(O)(c1ccncc1)c1cnc(-c2ccc(F)c(F)c2)s1. The van der Waals surface area contributed by atoms with Crippen molar-refractivity contribution in [1.82, 2.24) is 9.97 Å². The largest absolute Gasteiger partial charge is 0.380 e. The van der Waals surface area contributed by atoms with Gasteiger partial charge in [0.1, 0.15) is 10.6 Å². The summed E-state index contributed by atoms with van der Waals surface area (Å²) in [5, 5.41) is 11.2. The minimum Gasteiger partial charge on any atom is -0.380 e. The van der Waals surface area contributed by atoms with Crippen molar-refractivity contribution in [2.75, 3.05) is 0 Å². The normalized spacial score (nSPS) is 13.8. The maximum Gasteiger partial charge on any atom is 0.159 e. The third kappa shape index (κ3) is 2.63. The summed E-state index contributed by atoms with van der Waals surface area (Å²) in [5.74, 6) is -1.82. The van der Waals surface area contributed by atoms with Crippen LogP contribution < -0.4 is 0 Å². The molecule has 0 amide bonds. The highest BCUT2D eigenvalue weighted by Gasteiger charge is 2.28. The Labute approximate surface area is 129 Å². The van der Waals surface area contributed by atoms with E-state index in [1.807, 2.05) is 0 Å². The lowest BCUT2D eigenvalue weighted by Gasteiger charge is -2.21. The number of nitrogens with zero attached hydrogens (tertiary/aromatic N) is 2. The van der Waals surface area contributed by atoms with Crippen LogP contribution in [-0.4, -0.2) is 15.1 Å². The first-order chi connectivity index (χ1) is 10.5. The first kappa shape index (κ1) is 14.7. The summed E-state index contributed by atoms with van der Waals surface area (Å²) in [7, 11) is 0. The van der Waals surface area contributed by atoms with E-state index in [4.69, 9.17) is 0 Å². The average Bonchev–Trinajstić information content (AvgIpc) is 3.01. The van der Waals surface area contributed by atoms with E-state index in [2.05, 4.69) is 9.97 Å². The molecule has 1 atom stereocenters. The molecule has 0 bridgehead atoms. The van der Waals surface area contributed by atoms with Crippen LogP contribution >= 0.6 is 11.3 Å². The van der Waals surface area contributed by atoms with E-state index in [0.29, 0.717) is 21.0 Å². The van der Waals surface area contributed by atoms with Gasteiger partial charge >= 0.3 is 0 Å². The van der Waals surface area contributed by atoms with E-state index in [9.17, 15) is 13.9 Å². The Balaban J connectivity index is 1.98. The Kier molecular flexibility index (Phi) is 3.72. The average molecular weight is 318 g/mol. The number of hydrogen-bond donors (Lipinski definition) is 1. The molecule has 22 heavy (non-hydrogen) atoms. The monoisotopic (exact) mass is 318 g/mol. The first-order valence-electron chi connectivity index (χ1n) is 6.53. The lowest BCUT2D eigenvalue weighted by atomic mass is 9.96. The van der Waals surface area contributed by atoms with Gasteiger partial charge in [-0.3, -0.25) is 4.98 Å². The molecule has 0 spiro atoms. The van der Waals surface area contributed by atoms with E-state index in [-0.39, 0.29) is 0 Å². The molecule has 1 unspecified atom stereocenters. The molecule has 3 nitrogen and oxygen atoms in total. The van der Waals surface area contributed by atoms with Gasteiger partial charge < -0.3 is 5.11 Å². The highest BCUT2D eigenvalue weighted by atomic mass is 32.1. The quantitative estimate of drug-likeness (QED) is 0.800. The van der Waals surface area contributed by atoms with E-state index >= 15 is 0 Å². The first-order valence-corrected chi connectivity index (χ1v) is 7.35. The van der Waals surface area contributed by atoms with Gasteiger partial charge in [0, 0.05) is 24.2 Å². The standard InChI is InChI=1S/C16H12F2N2OS/c1-16(21,11-4-6-19-7-5-11)14-9-20-15(22-14)10-2-3-12(17)13(18)8-10/h2-9,21H,1H3. The van der Waals surface area contributed by atoms with Gasteiger partial charge in [-0.1, -0.05) is 0 Å². The summed E-state index contributed by atoms with van der Waals surface area (Å²) < 4.78 is 26.3. The van der Waals surface area contributed by atoms with E-state index < -0.39 is 17.2 Å². The predicted molar refractivity (Wildman–Crippen MR) is 80.4 cm³/mol. The number of rotatable bonds is 3. The lowest BCUT2D eigenvalue weighted by Crippen LogP contribution is -2.21. The Morgan fingerprint density at radius 1 is 1.09 bits per heavy atom. The predicted octanol–water partition coefficient (Wildman–Crippen LogP) is 3.74. The van der Waals surface area contributed by atoms with Crippen LogP contribution in [0.3, 0.4) is 0 Å². The number of halogens is 2. The fraction of sp³-hybridized carbons (Fsp3) is 0.125. The fourth-order valence-electron chi connectivity index (χ4n) is 2.08. The molecular formula is C16H12F2N2OS. The van der Waals surface area contributed by atoms with Crippen LogP contribution in [0, 0.1) is 11.6 Å². The van der Waals surface area contributed by atoms with Crippen molar-refractivity contribution in [3.8, 4) is 10.6 Å². The summed E-state index contributed by atoms with van der Waals surface area (Å²) in [6.07, 6.45) is 4.74. The van der Waals surface area contributed by atoms with Crippen LogP contribution in [0.4, 0.5) is 8.78 Å². The summed E-state index contributed by atoms with van der Waals surface area (Å²) in [6.45, 7) is 1.66. The molecule has 0 aliphatic carbocycles. The zero-order valence-corrected chi connectivity index (χ0v) is 12.4. The van der Waals surface area contributed by atoms with E-state index in [1.165, 1.54) is 17.4 Å². The van der Waals surface area contributed by atoms with Gasteiger partial charge in [-0.05, 0) is 42.8 Å². The van der Waals surface area contributed by atoms with Crippen molar-refractivity contribution in [2.24, 2.45) is 0 Å². The van der Waals surface area contributed by atoms with Crippen LogP contribution in [0.25, 0.3) is 10.6 Å². The molecule has 0 aliphatic heterocycles. The minimum absolute atomic E-state index is 0.473. The van der Waals surface area contributed by atoms with Gasteiger partial charge in [0.05, 0.1) is 4.88 Å².